The molecule has 4 rings (SSSR count). The number of aromatic nitrogens is 3. The predicted molar refractivity (Wildman–Crippen MR) is 123 cm³/mol. The molecule has 0 radical (unpaired) electrons. The van der Waals surface area contributed by atoms with E-state index in [9.17, 15) is 14.0 Å². The molecule has 0 fully saturated rings. The van der Waals surface area contributed by atoms with Crippen LogP contribution in [0.2, 0.25) is 0 Å². The maximum absolute atomic E-state index is 14.4. The van der Waals surface area contributed by atoms with Gasteiger partial charge in [0.2, 0.25) is 5.91 Å². The van der Waals surface area contributed by atoms with E-state index in [2.05, 4.69) is 20.1 Å². The SMILES string of the molecule is CCOc1ccc(C(=O)CCC(=O)Nc2cc(-c3nnc4n3CCCCC4)ccc2F)cc1. The molecule has 2 aromatic carbocycles. The molecule has 0 bridgehead atoms. The zero-order chi connectivity index (χ0) is 23.2. The second-order valence-electron chi connectivity index (χ2n) is 8.03. The van der Waals surface area contributed by atoms with Gasteiger partial charge < -0.3 is 14.6 Å². The molecular formula is C25H27FN4O3. The van der Waals surface area contributed by atoms with Crippen molar-refractivity contribution >= 4 is 17.4 Å². The number of anilines is 1. The number of carbonyl (C=O) groups is 2. The van der Waals surface area contributed by atoms with Gasteiger partial charge in [-0.15, -0.1) is 10.2 Å². The van der Waals surface area contributed by atoms with Crippen molar-refractivity contribution in [1.29, 1.82) is 0 Å². The number of halogens is 1. The number of aryl methyl sites for hydroxylation is 1. The summed E-state index contributed by atoms with van der Waals surface area (Å²) in [7, 11) is 0. The van der Waals surface area contributed by atoms with Gasteiger partial charge in [0.1, 0.15) is 17.4 Å². The first kappa shape index (κ1) is 22.6. The average molecular weight is 451 g/mol. The summed E-state index contributed by atoms with van der Waals surface area (Å²) >= 11 is 0. The van der Waals surface area contributed by atoms with Crippen molar-refractivity contribution in [2.45, 2.75) is 52.0 Å². The van der Waals surface area contributed by atoms with Crippen molar-refractivity contribution in [3.8, 4) is 17.1 Å². The standard InChI is InChI=1S/C25H27FN4O3/c1-2-33-19-10-7-17(8-11-19)22(31)13-14-24(32)27-21-16-18(9-12-20(21)26)25-29-28-23-6-4-3-5-15-30(23)25/h7-12,16H,2-6,13-15H2,1H3,(H,27,32). The Labute approximate surface area is 192 Å². The second-order valence-corrected chi connectivity index (χ2v) is 8.03. The lowest BCUT2D eigenvalue weighted by molar-refractivity contribution is -0.116. The van der Waals surface area contributed by atoms with Crippen LogP contribution in [0.15, 0.2) is 42.5 Å². The van der Waals surface area contributed by atoms with Gasteiger partial charge in [-0.25, -0.2) is 4.39 Å². The van der Waals surface area contributed by atoms with Gasteiger partial charge in [-0.05, 0) is 62.2 Å². The fourth-order valence-corrected chi connectivity index (χ4v) is 3.95. The highest BCUT2D eigenvalue weighted by molar-refractivity contribution is 6.00. The van der Waals surface area contributed by atoms with Gasteiger partial charge in [-0.3, -0.25) is 9.59 Å². The summed E-state index contributed by atoms with van der Waals surface area (Å²) in [6.45, 7) is 3.26. The van der Waals surface area contributed by atoms with Gasteiger partial charge in [0.15, 0.2) is 11.6 Å². The van der Waals surface area contributed by atoms with Crippen molar-refractivity contribution in [3.63, 3.8) is 0 Å². The van der Waals surface area contributed by atoms with Crippen LogP contribution < -0.4 is 10.1 Å². The number of benzene rings is 2. The minimum Gasteiger partial charge on any atom is -0.494 e. The Morgan fingerprint density at radius 2 is 1.88 bits per heavy atom. The normalized spacial score (nSPS) is 13.2. The molecular weight excluding hydrogens is 423 g/mol. The van der Waals surface area contributed by atoms with Crippen molar-refractivity contribution < 1.29 is 18.7 Å². The fraction of sp³-hybridized carbons (Fsp3) is 0.360. The third kappa shape index (κ3) is 5.45. The maximum atomic E-state index is 14.4. The number of nitrogens with zero attached hydrogens (tertiary/aromatic N) is 3. The molecule has 1 amide bonds. The molecule has 2 heterocycles. The Morgan fingerprint density at radius 3 is 2.67 bits per heavy atom. The van der Waals surface area contributed by atoms with Crippen LogP contribution in [0.5, 0.6) is 5.75 Å². The number of hydrogen-bond donors (Lipinski definition) is 1. The third-order valence-electron chi connectivity index (χ3n) is 5.67. The lowest BCUT2D eigenvalue weighted by Gasteiger charge is -2.10. The van der Waals surface area contributed by atoms with E-state index in [0.29, 0.717) is 29.3 Å². The van der Waals surface area contributed by atoms with E-state index in [0.717, 1.165) is 38.1 Å². The molecule has 0 saturated carbocycles. The van der Waals surface area contributed by atoms with Gasteiger partial charge in [0.05, 0.1) is 12.3 Å². The number of hydrogen-bond acceptors (Lipinski definition) is 5. The molecule has 0 spiro atoms. The first-order valence-corrected chi connectivity index (χ1v) is 11.3. The smallest absolute Gasteiger partial charge is 0.224 e. The molecule has 3 aromatic rings. The van der Waals surface area contributed by atoms with E-state index in [4.69, 9.17) is 4.74 Å². The summed E-state index contributed by atoms with van der Waals surface area (Å²) in [6.07, 6.45) is 4.13. The van der Waals surface area contributed by atoms with E-state index in [1.807, 2.05) is 6.92 Å². The molecule has 0 unspecified atom stereocenters. The van der Waals surface area contributed by atoms with Crippen molar-refractivity contribution in [1.82, 2.24) is 14.8 Å². The van der Waals surface area contributed by atoms with E-state index < -0.39 is 11.7 Å². The lowest BCUT2D eigenvalue weighted by atomic mass is 10.1. The Hall–Kier alpha value is -3.55. The molecule has 1 aromatic heterocycles. The zero-order valence-corrected chi connectivity index (χ0v) is 18.6. The summed E-state index contributed by atoms with van der Waals surface area (Å²) in [5.41, 5.74) is 1.27. The third-order valence-corrected chi connectivity index (χ3v) is 5.67. The average Bonchev–Trinajstić information content (AvgIpc) is 3.07. The highest BCUT2D eigenvalue weighted by Gasteiger charge is 2.18. The van der Waals surface area contributed by atoms with Crippen LogP contribution in [0.25, 0.3) is 11.4 Å². The second kappa shape index (κ2) is 10.4. The van der Waals surface area contributed by atoms with Crippen molar-refractivity contribution in [2.24, 2.45) is 0 Å². The lowest BCUT2D eigenvalue weighted by Crippen LogP contribution is -2.14. The molecule has 0 aliphatic carbocycles. The van der Waals surface area contributed by atoms with Crippen LogP contribution in [0, 0.1) is 5.82 Å². The van der Waals surface area contributed by atoms with Crippen LogP contribution in [-0.4, -0.2) is 33.1 Å². The number of ether oxygens (including phenoxy) is 1. The van der Waals surface area contributed by atoms with Gasteiger partial charge in [-0.1, -0.05) is 6.42 Å². The van der Waals surface area contributed by atoms with E-state index >= 15 is 0 Å². The van der Waals surface area contributed by atoms with Gasteiger partial charge in [0, 0.05) is 36.9 Å². The van der Waals surface area contributed by atoms with Crippen molar-refractivity contribution in [2.75, 3.05) is 11.9 Å². The maximum Gasteiger partial charge on any atom is 0.224 e. The largest absolute Gasteiger partial charge is 0.494 e. The first-order chi connectivity index (χ1) is 16.0. The highest BCUT2D eigenvalue weighted by Crippen LogP contribution is 2.27. The number of nitrogens with one attached hydrogen (secondary N) is 1. The van der Waals surface area contributed by atoms with Gasteiger partial charge in [-0.2, -0.15) is 0 Å². The molecule has 1 N–H and O–H groups in total. The van der Waals surface area contributed by atoms with E-state index in [1.165, 1.54) is 6.07 Å². The van der Waals surface area contributed by atoms with E-state index in [1.54, 1.807) is 36.4 Å². The quantitative estimate of drug-likeness (QED) is 0.498. The molecule has 7 nitrogen and oxygen atoms in total. The molecule has 0 saturated heterocycles. The molecule has 8 heteroatoms. The van der Waals surface area contributed by atoms with Gasteiger partial charge >= 0.3 is 0 Å². The molecule has 1 aliphatic heterocycles. The van der Waals surface area contributed by atoms with Crippen LogP contribution >= 0.6 is 0 Å². The topological polar surface area (TPSA) is 86.1 Å². The van der Waals surface area contributed by atoms with Crippen LogP contribution in [-0.2, 0) is 17.8 Å². The summed E-state index contributed by atoms with van der Waals surface area (Å²) in [4.78, 5) is 24.8. The molecule has 0 atom stereocenters. The number of Topliss-reactive ketones (excluding diaryl/α,β-unsaturated/α-hetero) is 1. The number of amides is 1. The molecule has 172 valence electrons. The Kier molecular flexibility index (Phi) is 7.12. The van der Waals surface area contributed by atoms with Crippen LogP contribution in [0.4, 0.5) is 10.1 Å². The predicted octanol–water partition coefficient (Wildman–Crippen LogP) is 4.81. The highest BCUT2D eigenvalue weighted by atomic mass is 19.1. The Morgan fingerprint density at radius 1 is 1.06 bits per heavy atom. The minimum atomic E-state index is -0.541. The summed E-state index contributed by atoms with van der Waals surface area (Å²) in [6, 6.07) is 11.3. The number of fused-ring (bicyclic) bond motifs is 1. The summed E-state index contributed by atoms with van der Waals surface area (Å²) in [5, 5.41) is 11.2. The zero-order valence-electron chi connectivity index (χ0n) is 18.6. The summed E-state index contributed by atoms with van der Waals surface area (Å²) in [5.74, 6) is 1.17. The number of ketones is 1. The van der Waals surface area contributed by atoms with E-state index in [-0.39, 0.29) is 24.3 Å². The van der Waals surface area contributed by atoms with Crippen molar-refractivity contribution in [3.05, 3.63) is 59.7 Å². The number of carbonyl (C=O) groups excluding carboxylic acids is 2. The monoisotopic (exact) mass is 450 g/mol. The fourth-order valence-electron chi connectivity index (χ4n) is 3.95. The minimum absolute atomic E-state index is 0.0266. The van der Waals surface area contributed by atoms with Crippen LogP contribution in [0.1, 0.15) is 55.2 Å². The van der Waals surface area contributed by atoms with Gasteiger partial charge in [0.25, 0.3) is 0 Å². The molecule has 1 aliphatic rings. The Bertz CT molecular complexity index is 1140. The Balaban J connectivity index is 1.40. The number of rotatable bonds is 8. The molecule has 33 heavy (non-hydrogen) atoms. The van der Waals surface area contributed by atoms with Crippen LogP contribution in [0.3, 0.4) is 0 Å². The first-order valence-electron chi connectivity index (χ1n) is 11.3. The summed E-state index contributed by atoms with van der Waals surface area (Å²) < 4.78 is 21.8.